The largest absolute Gasteiger partial charge is 0.469 e. The summed E-state index contributed by atoms with van der Waals surface area (Å²) in [5.74, 6) is 1.05. The molecule has 0 fully saturated rings. The molecule has 1 aromatic carbocycles. The molecule has 104 valence electrons. The molecule has 0 saturated carbocycles. The van der Waals surface area contributed by atoms with Crippen LogP contribution in [0.1, 0.15) is 29.9 Å². The lowest BCUT2D eigenvalue weighted by Crippen LogP contribution is -2.17. The van der Waals surface area contributed by atoms with Crippen molar-refractivity contribution in [1.29, 1.82) is 0 Å². The van der Waals surface area contributed by atoms with Crippen molar-refractivity contribution < 1.29 is 4.42 Å². The van der Waals surface area contributed by atoms with Crippen LogP contribution >= 0.6 is 27.3 Å². The van der Waals surface area contributed by atoms with E-state index >= 15 is 0 Å². The molecular weight excluding hydrogens is 334 g/mol. The van der Waals surface area contributed by atoms with Crippen LogP contribution in [0.2, 0.25) is 0 Å². The first kappa shape index (κ1) is 13.9. The Morgan fingerprint density at radius 2 is 2.15 bits per heavy atom. The quantitative estimate of drug-likeness (QED) is 0.706. The van der Waals surface area contributed by atoms with Crippen molar-refractivity contribution in [2.75, 3.05) is 7.05 Å². The predicted molar refractivity (Wildman–Crippen MR) is 88.5 cm³/mol. The van der Waals surface area contributed by atoms with E-state index in [2.05, 4.69) is 57.8 Å². The molecule has 1 unspecified atom stereocenters. The summed E-state index contributed by atoms with van der Waals surface area (Å²) in [6.07, 6.45) is 2.69. The topological polar surface area (TPSA) is 25.2 Å². The van der Waals surface area contributed by atoms with E-state index in [1.165, 1.54) is 21.2 Å². The minimum atomic E-state index is 0.173. The highest BCUT2D eigenvalue weighted by Gasteiger charge is 2.21. The summed E-state index contributed by atoms with van der Waals surface area (Å²) >= 11 is 5.41. The molecule has 3 aromatic rings. The SMILES string of the molecule is CCc1occc1C(NC)c1csc2c(Br)cccc12. The minimum Gasteiger partial charge on any atom is -0.469 e. The second-order valence-corrected chi connectivity index (χ2v) is 6.42. The summed E-state index contributed by atoms with van der Waals surface area (Å²) in [6.45, 7) is 2.12. The minimum absolute atomic E-state index is 0.173. The highest BCUT2D eigenvalue weighted by molar-refractivity contribution is 9.10. The number of hydrogen-bond acceptors (Lipinski definition) is 3. The number of fused-ring (bicyclic) bond motifs is 1. The number of hydrogen-bond donors (Lipinski definition) is 1. The molecule has 0 radical (unpaired) electrons. The van der Waals surface area contributed by atoms with E-state index < -0.39 is 0 Å². The Bertz CT molecular complexity index is 731. The molecule has 0 amide bonds. The van der Waals surface area contributed by atoms with Crippen LogP contribution in [0.5, 0.6) is 0 Å². The lowest BCUT2D eigenvalue weighted by Gasteiger charge is -2.16. The van der Waals surface area contributed by atoms with Gasteiger partial charge in [-0.2, -0.15) is 0 Å². The van der Waals surface area contributed by atoms with Crippen molar-refractivity contribution in [3.05, 3.63) is 57.3 Å². The molecule has 0 bridgehead atoms. The van der Waals surface area contributed by atoms with Crippen molar-refractivity contribution in [2.45, 2.75) is 19.4 Å². The summed E-state index contributed by atoms with van der Waals surface area (Å²) in [6, 6.07) is 8.60. The molecule has 1 N–H and O–H groups in total. The summed E-state index contributed by atoms with van der Waals surface area (Å²) in [7, 11) is 2.00. The van der Waals surface area contributed by atoms with Gasteiger partial charge in [-0.05, 0) is 51.4 Å². The predicted octanol–water partition coefficient (Wildman–Crippen LogP) is 5.13. The van der Waals surface area contributed by atoms with E-state index in [4.69, 9.17) is 4.42 Å². The maximum atomic E-state index is 5.58. The van der Waals surface area contributed by atoms with Crippen molar-refractivity contribution in [3.8, 4) is 0 Å². The molecule has 3 rings (SSSR count). The summed E-state index contributed by atoms with van der Waals surface area (Å²) in [5, 5.41) is 6.96. The number of halogens is 1. The molecule has 0 aliphatic rings. The molecule has 4 heteroatoms. The van der Waals surface area contributed by atoms with Gasteiger partial charge in [0.1, 0.15) is 5.76 Å². The summed E-state index contributed by atoms with van der Waals surface area (Å²) in [4.78, 5) is 0. The van der Waals surface area contributed by atoms with Gasteiger partial charge in [-0.25, -0.2) is 0 Å². The van der Waals surface area contributed by atoms with Gasteiger partial charge in [-0.1, -0.05) is 19.1 Å². The number of nitrogens with one attached hydrogen (secondary N) is 1. The first-order chi connectivity index (χ1) is 9.76. The Hall–Kier alpha value is -1.10. The third-order valence-electron chi connectivity index (χ3n) is 3.59. The average Bonchev–Trinajstić information content (AvgIpc) is 3.08. The molecule has 0 spiro atoms. The van der Waals surface area contributed by atoms with Crippen LogP contribution in [-0.2, 0) is 6.42 Å². The van der Waals surface area contributed by atoms with E-state index in [0.717, 1.165) is 16.7 Å². The fourth-order valence-electron chi connectivity index (χ4n) is 2.64. The van der Waals surface area contributed by atoms with Crippen LogP contribution in [0.3, 0.4) is 0 Å². The number of rotatable bonds is 4. The van der Waals surface area contributed by atoms with E-state index in [0.29, 0.717) is 0 Å². The van der Waals surface area contributed by atoms with Crippen LogP contribution < -0.4 is 5.32 Å². The molecule has 2 nitrogen and oxygen atoms in total. The van der Waals surface area contributed by atoms with Gasteiger partial charge in [0.2, 0.25) is 0 Å². The highest BCUT2D eigenvalue weighted by Crippen LogP contribution is 2.38. The van der Waals surface area contributed by atoms with Gasteiger partial charge in [0.15, 0.2) is 0 Å². The molecule has 20 heavy (non-hydrogen) atoms. The van der Waals surface area contributed by atoms with Crippen LogP contribution in [-0.4, -0.2) is 7.05 Å². The van der Waals surface area contributed by atoms with Gasteiger partial charge in [0, 0.05) is 21.2 Å². The van der Waals surface area contributed by atoms with Crippen LogP contribution in [0, 0.1) is 0 Å². The Morgan fingerprint density at radius 1 is 1.30 bits per heavy atom. The fourth-order valence-corrected chi connectivity index (χ4v) is 4.29. The van der Waals surface area contributed by atoms with E-state index in [-0.39, 0.29) is 6.04 Å². The van der Waals surface area contributed by atoms with Gasteiger partial charge >= 0.3 is 0 Å². The monoisotopic (exact) mass is 349 g/mol. The maximum Gasteiger partial charge on any atom is 0.108 e. The molecule has 0 aliphatic carbocycles. The Labute approximate surface area is 130 Å². The third kappa shape index (κ3) is 2.22. The maximum absolute atomic E-state index is 5.58. The van der Waals surface area contributed by atoms with Gasteiger partial charge < -0.3 is 9.73 Å². The van der Waals surface area contributed by atoms with Gasteiger partial charge in [-0.15, -0.1) is 11.3 Å². The standard InChI is InChI=1S/C16H16BrNOS/c1-3-14-11(7-8-19-14)15(18-2)12-9-20-16-10(12)5-4-6-13(16)17/h4-9,15,18H,3H2,1-2H3. The molecular formula is C16H16BrNOS. The molecule has 0 saturated heterocycles. The first-order valence-electron chi connectivity index (χ1n) is 6.65. The Morgan fingerprint density at radius 3 is 2.90 bits per heavy atom. The molecule has 0 aliphatic heterocycles. The number of aryl methyl sites for hydroxylation is 1. The van der Waals surface area contributed by atoms with Crippen LogP contribution in [0.15, 0.2) is 44.8 Å². The summed E-state index contributed by atoms with van der Waals surface area (Å²) in [5.41, 5.74) is 2.54. The average molecular weight is 350 g/mol. The van der Waals surface area contributed by atoms with Crippen molar-refractivity contribution in [3.63, 3.8) is 0 Å². The van der Waals surface area contributed by atoms with Gasteiger partial charge in [0.05, 0.1) is 12.3 Å². The van der Waals surface area contributed by atoms with Crippen molar-refractivity contribution in [2.24, 2.45) is 0 Å². The second kappa shape index (κ2) is 5.72. The first-order valence-corrected chi connectivity index (χ1v) is 8.32. The van der Waals surface area contributed by atoms with Crippen molar-refractivity contribution >= 4 is 37.4 Å². The van der Waals surface area contributed by atoms with Crippen molar-refractivity contribution in [1.82, 2.24) is 5.32 Å². The summed E-state index contributed by atoms with van der Waals surface area (Å²) < 4.78 is 8.04. The number of thiophene rings is 1. The molecule has 1 atom stereocenters. The number of furan rings is 1. The normalized spacial score (nSPS) is 12.9. The Kier molecular flexibility index (Phi) is 3.96. The lowest BCUT2D eigenvalue weighted by atomic mass is 9.98. The zero-order chi connectivity index (χ0) is 14.1. The lowest BCUT2D eigenvalue weighted by molar-refractivity contribution is 0.505. The van der Waals surface area contributed by atoms with Gasteiger partial charge in [0.25, 0.3) is 0 Å². The zero-order valence-corrected chi connectivity index (χ0v) is 13.8. The van der Waals surface area contributed by atoms with E-state index in [1.54, 1.807) is 17.6 Å². The van der Waals surface area contributed by atoms with Crippen LogP contribution in [0.4, 0.5) is 0 Å². The van der Waals surface area contributed by atoms with E-state index in [1.807, 2.05) is 7.05 Å². The molecule has 2 aromatic heterocycles. The van der Waals surface area contributed by atoms with Crippen LogP contribution in [0.25, 0.3) is 10.1 Å². The molecule has 2 heterocycles. The number of benzene rings is 1. The van der Waals surface area contributed by atoms with E-state index in [9.17, 15) is 0 Å². The fraction of sp³-hybridized carbons (Fsp3) is 0.250. The third-order valence-corrected chi connectivity index (χ3v) is 5.56. The second-order valence-electron chi connectivity index (χ2n) is 4.68. The Balaban J connectivity index is 2.15. The highest BCUT2D eigenvalue weighted by atomic mass is 79.9. The van der Waals surface area contributed by atoms with Gasteiger partial charge in [-0.3, -0.25) is 0 Å². The zero-order valence-electron chi connectivity index (χ0n) is 11.4. The smallest absolute Gasteiger partial charge is 0.108 e.